The van der Waals surface area contributed by atoms with E-state index in [4.69, 9.17) is 28.4 Å². The van der Waals surface area contributed by atoms with E-state index in [0.717, 1.165) is 10.9 Å². The van der Waals surface area contributed by atoms with Crippen molar-refractivity contribution in [1.29, 1.82) is 0 Å². The number of alkyl halides is 3. The van der Waals surface area contributed by atoms with Gasteiger partial charge in [-0.25, -0.2) is 23.2 Å². The number of hydrogen-bond donors (Lipinski definition) is 5. The van der Waals surface area contributed by atoms with Crippen LogP contribution in [-0.4, -0.2) is 154 Å². The van der Waals surface area contributed by atoms with Crippen LogP contribution in [-0.2, 0) is 38.2 Å². The smallest absolute Gasteiger partial charge is 0.394 e. The van der Waals surface area contributed by atoms with Crippen LogP contribution in [0, 0.1) is 0 Å². The summed E-state index contributed by atoms with van der Waals surface area (Å²) in [6, 6.07) is 7.83. The molecule has 0 saturated carbocycles. The highest BCUT2D eigenvalue weighted by Crippen LogP contribution is 2.53. The van der Waals surface area contributed by atoms with Gasteiger partial charge in [0, 0.05) is 5.56 Å². The van der Waals surface area contributed by atoms with Crippen LogP contribution in [0.1, 0.15) is 133 Å². The third-order valence-electron chi connectivity index (χ3n) is 14.7. The third kappa shape index (κ3) is 11.2. The molecule has 0 spiro atoms. The molecule has 3 aliphatic rings. The Morgan fingerprint density at radius 3 is 1.79 bits per heavy atom. The van der Waals surface area contributed by atoms with Gasteiger partial charge in [0.05, 0.1) is 36.2 Å². The molecular formula is C47H80F3N5O13SSi4. The van der Waals surface area contributed by atoms with Gasteiger partial charge in [-0.1, -0.05) is 151 Å². The van der Waals surface area contributed by atoms with Crippen LogP contribution in [0.5, 0.6) is 0 Å². The second kappa shape index (κ2) is 23.7. The molecule has 73 heavy (non-hydrogen) atoms. The third-order valence-corrected chi connectivity index (χ3v) is 50.8. The van der Waals surface area contributed by atoms with Gasteiger partial charge in [-0.05, 0) is 34.3 Å². The van der Waals surface area contributed by atoms with Crippen molar-refractivity contribution in [3.63, 3.8) is 0 Å². The summed E-state index contributed by atoms with van der Waals surface area (Å²) in [5.74, 6) is -1.40. The van der Waals surface area contributed by atoms with Gasteiger partial charge in [0.2, 0.25) is 15.7 Å². The first-order valence-electron chi connectivity index (χ1n) is 25.3. The maximum absolute atomic E-state index is 15.5. The summed E-state index contributed by atoms with van der Waals surface area (Å²) in [5.41, 5.74) is -5.95. The Kier molecular flexibility index (Phi) is 19.9. The molecule has 5 rings (SSSR count). The summed E-state index contributed by atoms with van der Waals surface area (Å²) in [5, 5.41) is 47.8. The zero-order chi connectivity index (χ0) is 55.1. The van der Waals surface area contributed by atoms with Crippen LogP contribution in [0.2, 0.25) is 44.3 Å². The lowest BCUT2D eigenvalue weighted by atomic mass is 10.1. The fourth-order valence-corrected chi connectivity index (χ4v) is 45.9. The van der Waals surface area contributed by atoms with Gasteiger partial charge in [-0.3, -0.25) is 18.5 Å². The Balaban J connectivity index is 1.76. The van der Waals surface area contributed by atoms with E-state index < -0.39 is 121 Å². The normalized spacial score (nSPS) is 26.2. The molecular weight excluding hydrogens is 1040 g/mol. The Morgan fingerprint density at radius 2 is 1.34 bits per heavy atom. The number of amidine groups is 1. The molecule has 2 saturated heterocycles. The number of fused-ring (bicyclic) bond motifs is 1. The van der Waals surface area contributed by atoms with Crippen molar-refractivity contribution >= 4 is 59.7 Å². The number of ether oxygens (including phenoxy) is 2. The molecule has 1 amide bonds. The van der Waals surface area contributed by atoms with E-state index in [9.17, 15) is 33.6 Å². The van der Waals surface area contributed by atoms with Crippen LogP contribution in [0.3, 0.4) is 0 Å². The molecule has 2 radical (unpaired) electrons. The van der Waals surface area contributed by atoms with Crippen LogP contribution in [0.15, 0.2) is 41.7 Å². The van der Waals surface area contributed by atoms with Crippen molar-refractivity contribution < 1.29 is 75.2 Å². The summed E-state index contributed by atoms with van der Waals surface area (Å²) >= 11 is 0. The van der Waals surface area contributed by atoms with Gasteiger partial charge >= 0.3 is 5.51 Å². The maximum Gasteiger partial charge on any atom is 0.500 e. The topological polar surface area (TPSA) is 233 Å². The molecule has 3 aliphatic heterocycles. The molecule has 4 heterocycles. The number of imidazole rings is 1. The highest BCUT2D eigenvalue weighted by atomic mass is 32.2. The molecule has 18 nitrogen and oxygen atoms in total. The number of amides is 1. The fourth-order valence-electron chi connectivity index (χ4n) is 11.8. The van der Waals surface area contributed by atoms with Crippen molar-refractivity contribution in [1.82, 2.24) is 14.5 Å². The number of rotatable bonds is 22. The number of carbonyl (C=O) groups is 1. The lowest BCUT2D eigenvalue weighted by Gasteiger charge is -2.47. The average molecular weight is 1120 g/mol. The van der Waals surface area contributed by atoms with Crippen molar-refractivity contribution in [2.75, 3.05) is 25.2 Å². The molecule has 26 heteroatoms. The Bertz CT molecular complexity index is 2280. The van der Waals surface area contributed by atoms with E-state index in [1.165, 1.54) is 17.0 Å². The highest BCUT2D eigenvalue weighted by molar-refractivity contribution is 7.93. The molecule has 414 valence electrons. The van der Waals surface area contributed by atoms with Gasteiger partial charge in [-0.15, -0.1) is 0 Å². The minimum Gasteiger partial charge on any atom is -0.394 e. The number of aromatic nitrogens is 2. The number of sulfone groups is 1. The molecule has 1 aromatic heterocycles. The number of aliphatic hydroxyl groups excluding tert-OH is 3. The van der Waals surface area contributed by atoms with Crippen molar-refractivity contribution in [2.24, 2.45) is 4.99 Å². The predicted molar refractivity (Wildman–Crippen MR) is 278 cm³/mol. The lowest BCUT2D eigenvalue weighted by Crippen LogP contribution is -2.64. The predicted octanol–water partition coefficient (Wildman–Crippen LogP) is 7.70. The Labute approximate surface area is 434 Å². The summed E-state index contributed by atoms with van der Waals surface area (Å²) in [6.07, 6.45) is -11.8. The largest absolute Gasteiger partial charge is 0.500 e. The SMILES string of the molecule is CC(C)[Si](C(C)C)[Si](OOC[C@H]1O[C@@H](n2cnc3c2NCN(C2O[C@H](CO)[C@@H](O)[C@@H]2O)C3=NC(=O)c2ccccc2)[C@@](O)(S(=O)(=O)C(F)(F)F)[C@@H]1OO[Si](C(C)C)(C(C)C)[Si](C(C)C)C(C)C)(C(C)C)C(C)C. The minimum absolute atomic E-state index is 0.0129. The van der Waals surface area contributed by atoms with Crippen molar-refractivity contribution in [2.45, 2.75) is 209 Å². The zero-order valence-corrected chi connectivity index (χ0v) is 49.9. The standard InChI is InChI=1S/C47H80F3N5O13SSi4/c1-26(2)70(27(3)4)72(30(9)10,31(11)12)67-63-23-36-40(66-68-73(32(13)14,33(15)16)71(28(5)6)29(7)8)46(60,69(61,62)47(48,49)50)45(65-36)55-24-51-37-41(55)52-25-54(44-39(58)38(57)35(22-56)64-44)42(37)53-43(59)34-20-18-17-19-21-34/h17-21,24,26-33,35-36,38-40,44-45,52,56-58,60H,22-23,25H2,1-16H3/t35-,36-,38-,39+,40-,44?,45-,46+/m1/s1. The first-order valence-corrected chi connectivity index (χ1v) is 36.2. The zero-order valence-electron chi connectivity index (χ0n) is 45.0. The maximum atomic E-state index is 15.5. The number of nitrogens with zero attached hydrogens (tertiary/aromatic N) is 4. The van der Waals surface area contributed by atoms with E-state index in [2.05, 4.69) is 98.4 Å². The Hall–Kier alpha value is -2.42. The van der Waals surface area contributed by atoms with Gasteiger partial charge < -0.3 is 40.1 Å². The van der Waals surface area contributed by atoms with E-state index in [1.807, 2.05) is 27.7 Å². The Morgan fingerprint density at radius 1 is 0.836 bits per heavy atom. The summed E-state index contributed by atoms with van der Waals surface area (Å²) in [6.45, 7) is 31.1. The van der Waals surface area contributed by atoms with Crippen LogP contribution < -0.4 is 5.32 Å². The van der Waals surface area contributed by atoms with Gasteiger partial charge in [0.25, 0.3) is 20.7 Å². The molecule has 2 aromatic rings. The molecule has 5 N–H and O–H groups in total. The van der Waals surface area contributed by atoms with E-state index in [1.54, 1.807) is 18.2 Å². The van der Waals surface area contributed by atoms with Crippen LogP contribution >= 0.6 is 0 Å². The fraction of sp³-hybridized carbons (Fsp3) is 0.766. The van der Waals surface area contributed by atoms with E-state index in [-0.39, 0.29) is 67.2 Å². The summed E-state index contributed by atoms with van der Waals surface area (Å²) in [4.78, 5) is 32.3. The highest BCUT2D eigenvalue weighted by Gasteiger charge is 2.74. The number of nitrogens with one attached hydrogen (secondary N) is 1. The number of hydrogen-bond acceptors (Lipinski definition) is 15. The molecule has 1 unspecified atom stereocenters. The van der Waals surface area contributed by atoms with E-state index >= 15 is 13.2 Å². The summed E-state index contributed by atoms with van der Waals surface area (Å²) in [7, 11) is -15.9. The number of carbonyl (C=O) groups excluding carboxylic acids is 1. The van der Waals surface area contributed by atoms with Crippen LogP contribution in [0.4, 0.5) is 19.0 Å². The quantitative estimate of drug-likeness (QED) is 0.0432. The molecule has 2 fully saturated rings. The average Bonchev–Trinajstić information content (AvgIpc) is 3.94. The minimum atomic E-state index is -6.76. The van der Waals surface area contributed by atoms with Crippen molar-refractivity contribution in [3.8, 4) is 0 Å². The first-order chi connectivity index (χ1) is 33.8. The molecule has 8 atom stereocenters. The van der Waals surface area contributed by atoms with Crippen LogP contribution in [0.25, 0.3) is 0 Å². The number of aliphatic imine (C=N–C) groups is 1. The van der Waals surface area contributed by atoms with Crippen molar-refractivity contribution in [3.05, 3.63) is 47.9 Å². The van der Waals surface area contributed by atoms with Gasteiger partial charge in [-0.2, -0.15) is 18.2 Å². The number of aliphatic hydroxyl groups is 4. The second-order valence-corrected chi connectivity index (χ2v) is 46.8. The van der Waals surface area contributed by atoms with Gasteiger partial charge in [0.1, 0.15) is 42.5 Å². The molecule has 0 bridgehead atoms. The number of anilines is 1. The lowest BCUT2D eigenvalue weighted by molar-refractivity contribution is -0.300. The monoisotopic (exact) mass is 1120 g/mol. The molecule has 0 aliphatic carbocycles. The molecule has 1 aromatic carbocycles. The second-order valence-electron chi connectivity index (χ2n) is 21.9. The van der Waals surface area contributed by atoms with Gasteiger partial charge in [0.15, 0.2) is 24.4 Å². The number of benzene rings is 1. The summed E-state index contributed by atoms with van der Waals surface area (Å²) < 4.78 is 102. The number of halogens is 3. The first kappa shape index (κ1) is 61.4. The van der Waals surface area contributed by atoms with E-state index in [0.29, 0.717) is 0 Å².